The maximum Gasteiger partial charge on any atom is 0.414 e. The van der Waals surface area contributed by atoms with Crippen LogP contribution < -0.4 is 9.80 Å². The maximum atomic E-state index is 14.6. The molecule has 9 heteroatoms. The third-order valence-corrected chi connectivity index (χ3v) is 6.29. The summed E-state index contributed by atoms with van der Waals surface area (Å²) in [6, 6.07) is 7.71. The molecule has 2 amide bonds. The number of ether oxygens (including phenoxy) is 1. The van der Waals surface area contributed by atoms with Crippen LogP contribution in [0.25, 0.3) is 0 Å². The molecule has 0 N–H and O–H groups in total. The van der Waals surface area contributed by atoms with Crippen LogP contribution in [0.3, 0.4) is 0 Å². The predicted octanol–water partition coefficient (Wildman–Crippen LogP) is 4.66. The smallest absolute Gasteiger partial charge is 0.414 e. The van der Waals surface area contributed by atoms with E-state index in [2.05, 4.69) is 0 Å². The minimum Gasteiger partial charge on any atom is -0.444 e. The number of anilines is 2. The molecule has 2 fully saturated rings. The Kier molecular flexibility index (Phi) is 5.56. The average Bonchev–Trinajstić information content (AvgIpc) is 3.40. The lowest BCUT2D eigenvalue weighted by Gasteiger charge is -2.19. The molecule has 0 aliphatic carbocycles. The van der Waals surface area contributed by atoms with E-state index in [1.54, 1.807) is 18.2 Å². The zero-order valence-corrected chi connectivity index (χ0v) is 17.0. The summed E-state index contributed by atoms with van der Waals surface area (Å²) in [6.45, 7) is 0.727. The Morgan fingerprint density at radius 1 is 1.24 bits per heavy atom. The largest absolute Gasteiger partial charge is 0.444 e. The average molecular weight is 437 g/mol. The highest BCUT2D eigenvalue weighted by Gasteiger charge is 2.33. The fraction of sp³-hybridized carbons (Fsp3) is 0.350. The van der Waals surface area contributed by atoms with Gasteiger partial charge in [0.2, 0.25) is 5.91 Å². The lowest BCUT2D eigenvalue weighted by Crippen LogP contribution is -2.26. The summed E-state index contributed by atoms with van der Waals surface area (Å²) in [4.78, 5) is 39.6. The highest BCUT2D eigenvalue weighted by atomic mass is 35.5. The van der Waals surface area contributed by atoms with Gasteiger partial charge in [0.1, 0.15) is 11.9 Å². The molecule has 0 saturated carbocycles. The Morgan fingerprint density at radius 3 is 2.72 bits per heavy atom. The van der Waals surface area contributed by atoms with E-state index in [0.717, 1.165) is 0 Å². The molecule has 152 valence electrons. The van der Waals surface area contributed by atoms with Gasteiger partial charge in [0.05, 0.1) is 27.1 Å². The van der Waals surface area contributed by atoms with Gasteiger partial charge in [0.25, 0.3) is 0 Å². The number of carbonyl (C=O) groups excluding carboxylic acids is 3. The number of benzene rings is 1. The van der Waals surface area contributed by atoms with Crippen molar-refractivity contribution in [2.24, 2.45) is 0 Å². The van der Waals surface area contributed by atoms with Crippen molar-refractivity contribution in [2.45, 2.75) is 31.8 Å². The van der Waals surface area contributed by atoms with Crippen molar-refractivity contribution in [2.75, 3.05) is 22.9 Å². The van der Waals surface area contributed by atoms with Gasteiger partial charge < -0.3 is 9.64 Å². The van der Waals surface area contributed by atoms with Crippen LogP contribution >= 0.6 is 22.9 Å². The molecule has 2 aliphatic rings. The van der Waals surface area contributed by atoms with E-state index < -0.39 is 18.0 Å². The van der Waals surface area contributed by atoms with E-state index in [-0.39, 0.29) is 30.3 Å². The maximum absolute atomic E-state index is 14.6. The lowest BCUT2D eigenvalue weighted by molar-refractivity contribution is -0.117. The Morgan fingerprint density at radius 2 is 2.07 bits per heavy atom. The standard InChI is InChI=1S/C20H18ClFN2O4S/c21-18-8-7-17(29-18)16(25)6-4-13-11-24(20(27)28-13)12-3-5-15(14(22)10-12)23-9-1-2-19(23)26/h3,5,7-8,10,13H,1-2,4,6,9,11H2/t13-/m0/s1. The minimum absolute atomic E-state index is 0.0536. The van der Waals surface area contributed by atoms with Crippen LogP contribution in [0.2, 0.25) is 4.34 Å². The third kappa shape index (κ3) is 4.13. The number of Topliss-reactive ketones (excluding diaryl/α,β-unsaturated/α-hetero) is 1. The Hall–Kier alpha value is -2.45. The predicted molar refractivity (Wildman–Crippen MR) is 108 cm³/mol. The molecular weight excluding hydrogens is 419 g/mol. The molecule has 6 nitrogen and oxygen atoms in total. The van der Waals surface area contributed by atoms with Crippen LogP contribution in [-0.2, 0) is 9.53 Å². The molecular formula is C20H18ClFN2O4S. The molecule has 1 aromatic carbocycles. The summed E-state index contributed by atoms with van der Waals surface area (Å²) < 4.78 is 20.5. The second-order valence-electron chi connectivity index (χ2n) is 6.97. The summed E-state index contributed by atoms with van der Waals surface area (Å²) >= 11 is 7.07. The van der Waals surface area contributed by atoms with Crippen molar-refractivity contribution >= 4 is 52.1 Å². The zero-order chi connectivity index (χ0) is 20.5. The van der Waals surface area contributed by atoms with E-state index in [1.165, 1.54) is 33.3 Å². The van der Waals surface area contributed by atoms with Crippen molar-refractivity contribution < 1.29 is 23.5 Å². The summed E-state index contributed by atoms with van der Waals surface area (Å²) in [7, 11) is 0. The van der Waals surface area contributed by atoms with Crippen LogP contribution in [0.1, 0.15) is 35.4 Å². The third-order valence-electron chi connectivity index (χ3n) is 5.02. The second kappa shape index (κ2) is 8.12. The van der Waals surface area contributed by atoms with Crippen LogP contribution in [0.5, 0.6) is 0 Å². The molecule has 3 heterocycles. The van der Waals surface area contributed by atoms with E-state index in [4.69, 9.17) is 16.3 Å². The van der Waals surface area contributed by atoms with Gasteiger partial charge >= 0.3 is 6.09 Å². The van der Waals surface area contributed by atoms with Crippen molar-refractivity contribution in [3.8, 4) is 0 Å². The number of hydrogen-bond donors (Lipinski definition) is 0. The van der Waals surface area contributed by atoms with E-state index in [0.29, 0.717) is 40.7 Å². The van der Waals surface area contributed by atoms with E-state index in [9.17, 15) is 18.8 Å². The summed E-state index contributed by atoms with van der Waals surface area (Å²) in [5, 5.41) is 0. The highest BCUT2D eigenvalue weighted by molar-refractivity contribution is 7.18. The number of ketones is 1. The Balaban J connectivity index is 1.39. The van der Waals surface area contributed by atoms with Crippen LogP contribution in [0, 0.1) is 5.82 Å². The molecule has 4 rings (SSSR count). The number of carbonyl (C=O) groups is 3. The number of nitrogens with zero attached hydrogens (tertiary/aromatic N) is 2. The summed E-state index contributed by atoms with van der Waals surface area (Å²) in [5.41, 5.74) is 0.585. The molecule has 0 bridgehead atoms. The fourth-order valence-electron chi connectivity index (χ4n) is 3.55. The number of rotatable bonds is 6. The Bertz CT molecular complexity index is 979. The number of halogens is 2. The van der Waals surface area contributed by atoms with E-state index in [1.807, 2.05) is 0 Å². The zero-order valence-electron chi connectivity index (χ0n) is 15.4. The second-order valence-corrected chi connectivity index (χ2v) is 8.68. The summed E-state index contributed by atoms with van der Waals surface area (Å²) in [5.74, 6) is -0.713. The first-order valence-electron chi connectivity index (χ1n) is 9.29. The van der Waals surface area contributed by atoms with Gasteiger partial charge in [-0.15, -0.1) is 11.3 Å². The normalized spacial score (nSPS) is 19.2. The molecule has 0 spiro atoms. The first-order chi connectivity index (χ1) is 13.9. The molecule has 1 atom stereocenters. The van der Waals surface area contributed by atoms with Gasteiger partial charge in [-0.05, 0) is 43.2 Å². The number of hydrogen-bond acceptors (Lipinski definition) is 5. The summed E-state index contributed by atoms with van der Waals surface area (Å²) in [6.07, 6.45) is 0.691. The minimum atomic E-state index is -0.578. The van der Waals surface area contributed by atoms with Gasteiger partial charge in [0.15, 0.2) is 5.78 Å². The van der Waals surface area contributed by atoms with Gasteiger partial charge in [-0.25, -0.2) is 9.18 Å². The lowest BCUT2D eigenvalue weighted by atomic mass is 10.1. The topological polar surface area (TPSA) is 66.9 Å². The molecule has 2 aliphatic heterocycles. The van der Waals surface area contributed by atoms with Crippen molar-refractivity contribution in [3.05, 3.63) is 45.4 Å². The molecule has 29 heavy (non-hydrogen) atoms. The Labute approximate surface area is 175 Å². The van der Waals surface area contributed by atoms with Crippen molar-refractivity contribution in [3.63, 3.8) is 0 Å². The fourth-order valence-corrected chi connectivity index (χ4v) is 4.56. The van der Waals surface area contributed by atoms with Crippen LogP contribution in [-0.4, -0.2) is 37.0 Å². The molecule has 2 saturated heterocycles. The van der Waals surface area contributed by atoms with Crippen LogP contribution in [0.15, 0.2) is 30.3 Å². The van der Waals surface area contributed by atoms with Crippen molar-refractivity contribution in [1.29, 1.82) is 0 Å². The monoisotopic (exact) mass is 436 g/mol. The van der Waals surface area contributed by atoms with Crippen molar-refractivity contribution in [1.82, 2.24) is 0 Å². The van der Waals surface area contributed by atoms with Gasteiger partial charge in [-0.1, -0.05) is 11.6 Å². The molecule has 1 aromatic heterocycles. The quantitative estimate of drug-likeness (QED) is 0.618. The van der Waals surface area contributed by atoms with Gasteiger partial charge in [-0.2, -0.15) is 0 Å². The van der Waals surface area contributed by atoms with Gasteiger partial charge in [0, 0.05) is 19.4 Å². The SMILES string of the molecule is O=C(CC[C@H]1CN(c2ccc(N3CCCC3=O)c(F)c2)C(=O)O1)c1ccc(Cl)s1. The number of thiophene rings is 1. The van der Waals surface area contributed by atoms with Crippen LogP contribution in [0.4, 0.5) is 20.6 Å². The number of cyclic esters (lactones) is 1. The first kappa shape index (κ1) is 19.8. The number of amides is 2. The molecule has 0 unspecified atom stereocenters. The molecule has 0 radical (unpaired) electrons. The first-order valence-corrected chi connectivity index (χ1v) is 10.5. The van der Waals surface area contributed by atoms with E-state index >= 15 is 0 Å². The van der Waals surface area contributed by atoms with Gasteiger partial charge in [-0.3, -0.25) is 14.5 Å². The highest BCUT2D eigenvalue weighted by Crippen LogP contribution is 2.31. The molecule has 2 aromatic rings.